The molecule has 0 fully saturated rings. The summed E-state index contributed by atoms with van der Waals surface area (Å²) in [6.07, 6.45) is 1.00. The summed E-state index contributed by atoms with van der Waals surface area (Å²) in [5.41, 5.74) is 2.30. The fourth-order valence-corrected chi connectivity index (χ4v) is 2.63. The van der Waals surface area contributed by atoms with E-state index in [9.17, 15) is 0 Å². The Labute approximate surface area is 140 Å². The van der Waals surface area contributed by atoms with E-state index in [-0.39, 0.29) is 0 Å². The topological polar surface area (TPSA) is 30.5 Å². The highest BCUT2D eigenvalue weighted by Crippen LogP contribution is 2.24. The second-order valence-electron chi connectivity index (χ2n) is 5.02. The minimum Gasteiger partial charge on any atom is -0.496 e. The molecule has 3 nitrogen and oxygen atoms in total. The van der Waals surface area contributed by atoms with E-state index in [1.807, 2.05) is 30.3 Å². The molecule has 0 saturated heterocycles. The largest absolute Gasteiger partial charge is 0.496 e. The number of para-hydroxylation sites is 1. The van der Waals surface area contributed by atoms with Gasteiger partial charge in [0.2, 0.25) is 0 Å². The van der Waals surface area contributed by atoms with Crippen molar-refractivity contribution in [3.63, 3.8) is 0 Å². The molecule has 2 rings (SSSR count). The van der Waals surface area contributed by atoms with Crippen LogP contribution in [0.3, 0.4) is 0 Å². The van der Waals surface area contributed by atoms with Crippen LogP contribution in [0.2, 0.25) is 0 Å². The predicted molar refractivity (Wildman–Crippen MR) is 93.5 cm³/mol. The van der Waals surface area contributed by atoms with Crippen LogP contribution in [0, 0.1) is 0 Å². The minimum atomic E-state index is 0.737. The lowest BCUT2D eigenvalue weighted by molar-refractivity contribution is 0.313. The molecular weight excluding hydrogens is 342 g/mol. The van der Waals surface area contributed by atoms with Crippen LogP contribution >= 0.6 is 15.9 Å². The number of halogens is 1. The van der Waals surface area contributed by atoms with Gasteiger partial charge in [-0.1, -0.05) is 41.1 Å². The summed E-state index contributed by atoms with van der Waals surface area (Å²) in [7, 11) is 1.70. The number of ether oxygens (including phenoxy) is 2. The molecule has 0 radical (unpaired) electrons. The Morgan fingerprint density at radius 2 is 1.77 bits per heavy atom. The minimum absolute atomic E-state index is 0.737. The molecule has 0 atom stereocenters. The SMILES string of the molecule is CCCOc1ccc(Br)cc1CNCc1ccccc1OC. The van der Waals surface area contributed by atoms with Gasteiger partial charge in [0, 0.05) is 28.7 Å². The van der Waals surface area contributed by atoms with E-state index >= 15 is 0 Å². The molecule has 0 heterocycles. The maximum atomic E-state index is 5.80. The van der Waals surface area contributed by atoms with Gasteiger partial charge < -0.3 is 14.8 Å². The average molecular weight is 364 g/mol. The van der Waals surface area contributed by atoms with Crippen LogP contribution in [-0.4, -0.2) is 13.7 Å². The highest BCUT2D eigenvalue weighted by molar-refractivity contribution is 9.10. The predicted octanol–water partition coefficient (Wildman–Crippen LogP) is 4.54. The zero-order chi connectivity index (χ0) is 15.8. The van der Waals surface area contributed by atoms with Crippen molar-refractivity contribution < 1.29 is 9.47 Å². The molecule has 1 N–H and O–H groups in total. The molecule has 4 heteroatoms. The first kappa shape index (κ1) is 16.8. The van der Waals surface area contributed by atoms with Crippen LogP contribution in [0.15, 0.2) is 46.9 Å². The number of benzene rings is 2. The second kappa shape index (κ2) is 8.81. The Bertz CT molecular complexity index is 601. The molecule has 118 valence electrons. The van der Waals surface area contributed by atoms with Crippen molar-refractivity contribution in [2.24, 2.45) is 0 Å². The number of methoxy groups -OCH3 is 1. The third-order valence-corrected chi connectivity index (χ3v) is 3.80. The highest BCUT2D eigenvalue weighted by atomic mass is 79.9. The van der Waals surface area contributed by atoms with Crippen LogP contribution in [0.5, 0.6) is 11.5 Å². The third-order valence-electron chi connectivity index (χ3n) is 3.31. The Morgan fingerprint density at radius 3 is 2.55 bits per heavy atom. The fourth-order valence-electron chi connectivity index (χ4n) is 2.22. The molecule has 0 amide bonds. The normalized spacial score (nSPS) is 10.5. The first-order chi connectivity index (χ1) is 10.7. The van der Waals surface area contributed by atoms with E-state index in [1.165, 1.54) is 0 Å². The summed E-state index contributed by atoms with van der Waals surface area (Å²) in [6, 6.07) is 14.2. The first-order valence-electron chi connectivity index (χ1n) is 7.48. The zero-order valence-electron chi connectivity index (χ0n) is 13.1. The quantitative estimate of drug-likeness (QED) is 0.746. The van der Waals surface area contributed by atoms with E-state index in [0.29, 0.717) is 0 Å². The first-order valence-corrected chi connectivity index (χ1v) is 8.27. The zero-order valence-corrected chi connectivity index (χ0v) is 14.7. The van der Waals surface area contributed by atoms with Gasteiger partial charge in [-0.2, -0.15) is 0 Å². The van der Waals surface area contributed by atoms with Gasteiger partial charge >= 0.3 is 0 Å². The van der Waals surface area contributed by atoms with Crippen molar-refractivity contribution in [2.45, 2.75) is 26.4 Å². The van der Waals surface area contributed by atoms with Gasteiger partial charge in [-0.25, -0.2) is 0 Å². The smallest absolute Gasteiger partial charge is 0.123 e. The highest BCUT2D eigenvalue weighted by Gasteiger charge is 2.06. The van der Waals surface area contributed by atoms with Crippen LogP contribution in [0.1, 0.15) is 24.5 Å². The van der Waals surface area contributed by atoms with Crippen molar-refractivity contribution in [2.75, 3.05) is 13.7 Å². The average Bonchev–Trinajstić information content (AvgIpc) is 2.54. The van der Waals surface area contributed by atoms with Crippen LogP contribution in [0.4, 0.5) is 0 Å². The lowest BCUT2D eigenvalue weighted by atomic mass is 10.1. The molecule has 2 aromatic rings. The number of rotatable bonds is 8. The summed E-state index contributed by atoms with van der Waals surface area (Å²) < 4.78 is 12.2. The van der Waals surface area contributed by atoms with Gasteiger partial charge in [-0.05, 0) is 30.7 Å². The van der Waals surface area contributed by atoms with Crippen LogP contribution in [0.25, 0.3) is 0 Å². The maximum Gasteiger partial charge on any atom is 0.123 e. The van der Waals surface area contributed by atoms with Crippen molar-refractivity contribution in [1.29, 1.82) is 0 Å². The Kier molecular flexibility index (Phi) is 6.74. The second-order valence-corrected chi connectivity index (χ2v) is 5.93. The Hall–Kier alpha value is -1.52. The summed E-state index contributed by atoms with van der Waals surface area (Å²) in [5, 5.41) is 3.46. The summed E-state index contributed by atoms with van der Waals surface area (Å²) in [4.78, 5) is 0. The van der Waals surface area contributed by atoms with Gasteiger partial charge in [0.15, 0.2) is 0 Å². The summed E-state index contributed by atoms with van der Waals surface area (Å²) in [5.74, 6) is 1.85. The van der Waals surface area contributed by atoms with E-state index < -0.39 is 0 Å². The van der Waals surface area contributed by atoms with Gasteiger partial charge in [-0.3, -0.25) is 0 Å². The molecular formula is C18H22BrNO2. The van der Waals surface area contributed by atoms with Crippen molar-refractivity contribution >= 4 is 15.9 Å². The molecule has 22 heavy (non-hydrogen) atoms. The Morgan fingerprint density at radius 1 is 1.00 bits per heavy atom. The van der Waals surface area contributed by atoms with Gasteiger partial charge in [0.25, 0.3) is 0 Å². The standard InChI is InChI=1S/C18H22BrNO2/c1-3-10-22-18-9-8-16(19)11-15(18)13-20-12-14-6-4-5-7-17(14)21-2/h4-9,11,20H,3,10,12-13H2,1-2H3. The van der Waals surface area contributed by atoms with Crippen molar-refractivity contribution in [3.05, 3.63) is 58.1 Å². The maximum absolute atomic E-state index is 5.80. The van der Waals surface area contributed by atoms with Gasteiger partial charge in [0.05, 0.1) is 13.7 Å². The number of nitrogens with one attached hydrogen (secondary N) is 1. The molecule has 0 aromatic heterocycles. The summed E-state index contributed by atoms with van der Waals surface area (Å²) in [6.45, 7) is 4.35. The van der Waals surface area contributed by atoms with Gasteiger partial charge in [-0.15, -0.1) is 0 Å². The number of hydrogen-bond acceptors (Lipinski definition) is 3. The molecule has 0 aliphatic carbocycles. The van der Waals surface area contributed by atoms with Crippen molar-refractivity contribution in [1.82, 2.24) is 5.32 Å². The summed E-state index contributed by atoms with van der Waals surface area (Å²) >= 11 is 3.52. The lowest BCUT2D eigenvalue weighted by Gasteiger charge is -2.13. The molecule has 0 bridgehead atoms. The molecule has 0 unspecified atom stereocenters. The molecule has 0 saturated carbocycles. The third kappa shape index (κ3) is 4.75. The van der Waals surface area contributed by atoms with E-state index in [4.69, 9.17) is 9.47 Å². The van der Waals surface area contributed by atoms with E-state index in [0.717, 1.165) is 53.2 Å². The number of hydrogen-bond donors (Lipinski definition) is 1. The molecule has 2 aromatic carbocycles. The monoisotopic (exact) mass is 363 g/mol. The Balaban J connectivity index is 2.00. The fraction of sp³-hybridized carbons (Fsp3) is 0.333. The molecule has 0 spiro atoms. The van der Waals surface area contributed by atoms with E-state index in [1.54, 1.807) is 7.11 Å². The van der Waals surface area contributed by atoms with Crippen molar-refractivity contribution in [3.8, 4) is 11.5 Å². The van der Waals surface area contributed by atoms with Gasteiger partial charge in [0.1, 0.15) is 11.5 Å². The molecule has 0 aliphatic heterocycles. The molecule has 0 aliphatic rings. The van der Waals surface area contributed by atoms with E-state index in [2.05, 4.69) is 40.3 Å². The lowest BCUT2D eigenvalue weighted by Crippen LogP contribution is -2.14. The van der Waals surface area contributed by atoms with Crippen LogP contribution < -0.4 is 14.8 Å². The van der Waals surface area contributed by atoms with Crippen LogP contribution in [-0.2, 0) is 13.1 Å².